The van der Waals surface area contributed by atoms with E-state index in [0.717, 1.165) is 51.8 Å². The first-order chi connectivity index (χ1) is 17.9. The summed E-state index contributed by atoms with van der Waals surface area (Å²) in [6.45, 7) is 7.70. The lowest BCUT2D eigenvalue weighted by molar-refractivity contribution is 0.100. The molecule has 1 aliphatic heterocycles. The average Bonchev–Trinajstić information content (AvgIpc) is 3.48. The zero-order valence-electron chi connectivity index (χ0n) is 21.6. The summed E-state index contributed by atoms with van der Waals surface area (Å²) >= 11 is 1.38. The smallest absolute Gasteiger partial charge is 0.260 e. The quantitative estimate of drug-likeness (QED) is 0.213. The molecular weight excluding hydrogens is 484 g/mol. The molecular formula is C28H34N6O2S. The number of hydrogen-bond donors (Lipinski definition) is 4. The Bertz CT molecular complexity index is 1400. The van der Waals surface area contributed by atoms with Crippen LogP contribution < -0.4 is 21.1 Å². The second-order valence-corrected chi connectivity index (χ2v) is 10.9. The molecule has 4 aromatic rings. The van der Waals surface area contributed by atoms with E-state index < -0.39 is 5.91 Å². The van der Waals surface area contributed by atoms with E-state index in [1.165, 1.54) is 42.7 Å². The Hall–Kier alpha value is -3.56. The molecule has 4 heterocycles. The van der Waals surface area contributed by atoms with E-state index in [2.05, 4.69) is 50.6 Å². The number of aromatic amines is 1. The van der Waals surface area contributed by atoms with Crippen molar-refractivity contribution in [2.45, 2.75) is 39.0 Å². The first kappa shape index (κ1) is 25.1. The molecule has 0 spiro atoms. The van der Waals surface area contributed by atoms with Gasteiger partial charge in [0.25, 0.3) is 5.91 Å². The largest absolute Gasteiger partial charge is 0.495 e. The Kier molecular flexibility index (Phi) is 7.34. The number of rotatable bonds is 9. The summed E-state index contributed by atoms with van der Waals surface area (Å²) in [5, 5.41) is 7.77. The number of piperidine rings is 1. The van der Waals surface area contributed by atoms with Crippen LogP contribution in [-0.2, 0) is 0 Å². The van der Waals surface area contributed by atoms with Gasteiger partial charge in [0.05, 0.1) is 42.1 Å². The molecule has 5 rings (SSSR count). The van der Waals surface area contributed by atoms with Gasteiger partial charge in [-0.3, -0.25) is 9.78 Å². The Morgan fingerprint density at radius 3 is 2.70 bits per heavy atom. The van der Waals surface area contributed by atoms with Gasteiger partial charge in [0.15, 0.2) is 0 Å². The predicted molar refractivity (Wildman–Crippen MR) is 152 cm³/mol. The van der Waals surface area contributed by atoms with Gasteiger partial charge >= 0.3 is 0 Å². The number of amides is 1. The molecule has 1 aliphatic rings. The molecule has 5 N–H and O–H groups in total. The summed E-state index contributed by atoms with van der Waals surface area (Å²) in [5.41, 5.74) is 10.2. The number of likely N-dealkylation sites (tertiary alicyclic amines) is 1. The number of benzene rings is 1. The molecule has 0 bridgehead atoms. The number of nitrogens with one attached hydrogen (secondary N) is 3. The minimum absolute atomic E-state index is 0.445. The fourth-order valence-electron chi connectivity index (χ4n) is 5.17. The average molecular weight is 519 g/mol. The number of aromatic nitrogens is 2. The molecule has 3 aromatic heterocycles. The summed E-state index contributed by atoms with van der Waals surface area (Å²) in [7, 11) is 1.71. The van der Waals surface area contributed by atoms with Gasteiger partial charge in [-0.2, -0.15) is 0 Å². The first-order valence-electron chi connectivity index (χ1n) is 12.8. The Balaban J connectivity index is 1.36. The summed E-state index contributed by atoms with van der Waals surface area (Å²) < 4.78 is 5.77. The normalized spacial score (nSPS) is 14.7. The molecule has 0 unspecified atom stereocenters. The van der Waals surface area contributed by atoms with Gasteiger partial charge in [-0.05, 0) is 81.6 Å². The molecule has 0 aliphatic carbocycles. The molecule has 1 saturated heterocycles. The van der Waals surface area contributed by atoms with Gasteiger partial charge in [-0.25, -0.2) is 0 Å². The molecule has 194 valence electrons. The third-order valence-electron chi connectivity index (χ3n) is 6.99. The van der Waals surface area contributed by atoms with Crippen LogP contribution in [0.1, 0.15) is 52.2 Å². The number of methoxy groups -OCH3 is 1. The first-order valence-corrected chi connectivity index (χ1v) is 13.6. The third-order valence-corrected chi connectivity index (χ3v) is 8.05. The monoisotopic (exact) mass is 518 g/mol. The molecule has 0 saturated carbocycles. The fraction of sp³-hybridized carbons (Fsp3) is 0.357. The van der Waals surface area contributed by atoms with Crippen LogP contribution in [0, 0.1) is 6.92 Å². The van der Waals surface area contributed by atoms with Crippen molar-refractivity contribution < 1.29 is 9.53 Å². The maximum atomic E-state index is 11.9. The van der Waals surface area contributed by atoms with Crippen molar-refractivity contribution in [3.05, 3.63) is 58.0 Å². The standard InChI is InChI=1S/C28H34N6O2S/c1-4-9-34-10-7-18(8-11-34)19-5-6-21(25(13-19)36-3)32-26-14-20-23(15-30-16-24(20)33-26)31-22-12-17(2)37-27(22)28(29)35/h5-6,12-16,18,31-33H,4,7-11H2,1-3H3,(H2,29,35). The third kappa shape index (κ3) is 5.42. The number of carbonyl (C=O) groups excluding carboxylic acids is 1. The summed E-state index contributed by atoms with van der Waals surface area (Å²) in [4.78, 5) is 23.7. The number of aryl methyl sites for hydroxylation is 1. The van der Waals surface area contributed by atoms with Crippen LogP contribution in [0.5, 0.6) is 5.75 Å². The van der Waals surface area contributed by atoms with Crippen LogP contribution in [0.2, 0.25) is 0 Å². The van der Waals surface area contributed by atoms with E-state index in [4.69, 9.17) is 10.5 Å². The predicted octanol–water partition coefficient (Wildman–Crippen LogP) is 6.12. The highest BCUT2D eigenvalue weighted by Gasteiger charge is 2.21. The highest BCUT2D eigenvalue weighted by molar-refractivity contribution is 7.14. The lowest BCUT2D eigenvalue weighted by atomic mass is 9.89. The van der Waals surface area contributed by atoms with Crippen molar-refractivity contribution in [1.29, 1.82) is 0 Å². The molecule has 1 aromatic carbocycles. The van der Waals surface area contributed by atoms with Crippen LogP contribution >= 0.6 is 11.3 Å². The number of nitrogens with zero attached hydrogens (tertiary/aromatic N) is 2. The number of nitrogens with two attached hydrogens (primary N) is 1. The molecule has 1 fully saturated rings. The number of thiophene rings is 1. The van der Waals surface area contributed by atoms with E-state index in [1.54, 1.807) is 19.5 Å². The maximum absolute atomic E-state index is 11.9. The zero-order chi connectivity index (χ0) is 25.9. The van der Waals surface area contributed by atoms with Gasteiger partial charge in [-0.1, -0.05) is 13.0 Å². The highest BCUT2D eigenvalue weighted by Crippen LogP contribution is 2.37. The second kappa shape index (κ2) is 10.8. The Morgan fingerprint density at radius 1 is 1.16 bits per heavy atom. The van der Waals surface area contributed by atoms with Crippen LogP contribution in [0.4, 0.5) is 22.9 Å². The molecule has 8 nitrogen and oxygen atoms in total. The lowest BCUT2D eigenvalue weighted by Gasteiger charge is -2.32. The van der Waals surface area contributed by atoms with Gasteiger partial charge in [0, 0.05) is 10.3 Å². The molecule has 37 heavy (non-hydrogen) atoms. The second-order valence-electron chi connectivity index (χ2n) is 9.62. The SMILES string of the molecule is CCCN1CCC(c2ccc(Nc3cc4c(Nc5cc(C)sc5C(N)=O)cncc4[nH]3)c(OC)c2)CC1. The minimum Gasteiger partial charge on any atom is -0.495 e. The number of ether oxygens (including phenoxy) is 1. The topological polar surface area (TPSA) is 108 Å². The van der Waals surface area contributed by atoms with Crippen LogP contribution in [0.15, 0.2) is 42.7 Å². The van der Waals surface area contributed by atoms with Gasteiger partial charge in [0.1, 0.15) is 16.4 Å². The van der Waals surface area contributed by atoms with Gasteiger partial charge < -0.3 is 31.0 Å². The van der Waals surface area contributed by atoms with E-state index in [0.29, 0.717) is 16.5 Å². The number of primary amides is 1. The zero-order valence-corrected chi connectivity index (χ0v) is 22.4. The van der Waals surface area contributed by atoms with E-state index in [1.807, 2.05) is 19.1 Å². The number of fused-ring (bicyclic) bond motifs is 1. The van der Waals surface area contributed by atoms with Crippen LogP contribution in [0.3, 0.4) is 0 Å². The van der Waals surface area contributed by atoms with Gasteiger partial charge in [-0.15, -0.1) is 11.3 Å². The van der Waals surface area contributed by atoms with Crippen molar-refractivity contribution >= 4 is 51.0 Å². The molecule has 0 radical (unpaired) electrons. The molecule has 9 heteroatoms. The number of H-pyrrole nitrogens is 1. The van der Waals surface area contributed by atoms with Crippen molar-refractivity contribution in [2.75, 3.05) is 37.4 Å². The van der Waals surface area contributed by atoms with E-state index in [9.17, 15) is 4.79 Å². The number of hydrogen-bond acceptors (Lipinski definition) is 7. The fourth-order valence-corrected chi connectivity index (χ4v) is 5.99. The van der Waals surface area contributed by atoms with Crippen molar-refractivity contribution in [2.24, 2.45) is 5.73 Å². The van der Waals surface area contributed by atoms with Crippen molar-refractivity contribution in [3.8, 4) is 5.75 Å². The number of pyridine rings is 1. The van der Waals surface area contributed by atoms with E-state index >= 15 is 0 Å². The van der Waals surface area contributed by atoms with E-state index in [-0.39, 0.29) is 0 Å². The van der Waals surface area contributed by atoms with Crippen LogP contribution in [-0.4, -0.2) is 47.5 Å². The van der Waals surface area contributed by atoms with Gasteiger partial charge in [0.2, 0.25) is 0 Å². The van der Waals surface area contributed by atoms with Crippen molar-refractivity contribution in [3.63, 3.8) is 0 Å². The maximum Gasteiger partial charge on any atom is 0.260 e. The lowest BCUT2D eigenvalue weighted by Crippen LogP contribution is -2.33. The summed E-state index contributed by atoms with van der Waals surface area (Å²) in [5.74, 6) is 1.76. The number of carbonyl (C=O) groups is 1. The highest BCUT2D eigenvalue weighted by atomic mass is 32.1. The number of anilines is 4. The molecule has 0 atom stereocenters. The van der Waals surface area contributed by atoms with Crippen LogP contribution in [0.25, 0.3) is 10.9 Å². The summed E-state index contributed by atoms with van der Waals surface area (Å²) in [6, 6.07) is 10.4. The minimum atomic E-state index is -0.445. The summed E-state index contributed by atoms with van der Waals surface area (Å²) in [6.07, 6.45) is 7.11. The molecule has 1 amide bonds. The Labute approximate surface area is 221 Å². The van der Waals surface area contributed by atoms with Crippen molar-refractivity contribution in [1.82, 2.24) is 14.9 Å². The Morgan fingerprint density at radius 2 is 1.97 bits per heavy atom.